The molecule has 2 N–H and O–H groups in total. The highest BCUT2D eigenvalue weighted by atomic mass is 19.1. The summed E-state index contributed by atoms with van der Waals surface area (Å²) in [5.41, 5.74) is -1.73. The van der Waals surface area contributed by atoms with Gasteiger partial charge in [-0.15, -0.1) is 5.10 Å². The normalized spacial score (nSPS) is 21.2. The smallest absolute Gasteiger partial charge is 0.296 e. The van der Waals surface area contributed by atoms with Crippen LogP contribution in [0.15, 0.2) is 29.3 Å². The fraction of sp³-hybridized carbons (Fsp3) is 0.481. The van der Waals surface area contributed by atoms with Crippen LogP contribution in [0.2, 0.25) is 0 Å². The van der Waals surface area contributed by atoms with E-state index in [0.717, 1.165) is 0 Å². The molecule has 3 aromatic rings. The van der Waals surface area contributed by atoms with Crippen LogP contribution < -0.4 is 10.9 Å². The molecular formula is C27H31FN8O5. The van der Waals surface area contributed by atoms with Gasteiger partial charge in [-0.25, -0.2) is 14.1 Å². The first-order valence-electron chi connectivity index (χ1n) is 13.3. The number of fused-ring (bicyclic) bond motifs is 2. The molecule has 0 radical (unpaired) electrons. The number of ketones is 1. The van der Waals surface area contributed by atoms with Gasteiger partial charge in [0.1, 0.15) is 18.0 Å². The van der Waals surface area contributed by atoms with Crippen LogP contribution in [0.25, 0.3) is 0 Å². The lowest BCUT2D eigenvalue weighted by atomic mass is 9.63. The van der Waals surface area contributed by atoms with E-state index in [1.165, 1.54) is 42.0 Å². The van der Waals surface area contributed by atoms with Crippen molar-refractivity contribution < 1.29 is 23.9 Å². The molecule has 0 saturated heterocycles. The molecule has 6 rings (SSSR count). The third-order valence-electron chi connectivity index (χ3n) is 8.30. The molecule has 14 heteroatoms. The molecule has 1 aromatic carbocycles. The number of carbonyl (C=O) groups excluding carboxylic acids is 3. The summed E-state index contributed by atoms with van der Waals surface area (Å²) in [4.78, 5) is 58.2. The minimum absolute atomic E-state index is 0.00943. The molecule has 216 valence electrons. The van der Waals surface area contributed by atoms with Gasteiger partial charge in [-0.1, -0.05) is 12.1 Å². The SMILES string of the molecule is Cc1cc(CNC(=O)c2nc3n(c(=O)c2O)CC2(Cn4cnnn4)CCC3(CC(=O)C(=O)N(C)C)CC2)ccc1F. The second-order valence-electron chi connectivity index (χ2n) is 11.4. The molecule has 1 fully saturated rings. The summed E-state index contributed by atoms with van der Waals surface area (Å²) >= 11 is 0. The Kier molecular flexibility index (Phi) is 7.17. The van der Waals surface area contributed by atoms with Gasteiger partial charge >= 0.3 is 0 Å². The number of tetrazole rings is 1. The maximum Gasteiger partial charge on any atom is 0.296 e. The van der Waals surface area contributed by atoms with E-state index in [2.05, 4.69) is 25.8 Å². The summed E-state index contributed by atoms with van der Waals surface area (Å²) in [5, 5.41) is 24.9. The van der Waals surface area contributed by atoms with Gasteiger partial charge in [-0.3, -0.25) is 23.7 Å². The van der Waals surface area contributed by atoms with Gasteiger partial charge in [0.2, 0.25) is 11.5 Å². The summed E-state index contributed by atoms with van der Waals surface area (Å²) in [6.07, 6.45) is 3.29. The highest BCUT2D eigenvalue weighted by Gasteiger charge is 2.52. The summed E-state index contributed by atoms with van der Waals surface area (Å²) in [7, 11) is 2.98. The van der Waals surface area contributed by atoms with E-state index in [9.17, 15) is 28.7 Å². The van der Waals surface area contributed by atoms with Crippen molar-refractivity contribution in [1.29, 1.82) is 0 Å². The second kappa shape index (κ2) is 10.5. The van der Waals surface area contributed by atoms with Crippen LogP contribution in [-0.2, 0) is 34.6 Å². The molecule has 3 aliphatic rings. The molecular weight excluding hydrogens is 535 g/mol. The number of amides is 2. The lowest BCUT2D eigenvalue weighted by Gasteiger charge is -2.41. The van der Waals surface area contributed by atoms with Crippen LogP contribution >= 0.6 is 0 Å². The fourth-order valence-corrected chi connectivity index (χ4v) is 6.01. The van der Waals surface area contributed by atoms with Gasteiger partial charge in [0, 0.05) is 44.4 Å². The van der Waals surface area contributed by atoms with Gasteiger partial charge in [-0.05, 0) is 60.2 Å². The highest BCUT2D eigenvalue weighted by molar-refractivity contribution is 6.36. The number of aromatic nitrogens is 6. The molecule has 0 atom stereocenters. The number of Topliss-reactive ketones (excluding diaryl/α,β-unsaturated/α-hetero) is 1. The maximum atomic E-state index is 13.7. The number of likely N-dealkylation sites (N-methyl/N-ethyl adjacent to an activating group) is 1. The number of hydrogen-bond acceptors (Lipinski definition) is 9. The number of aryl methyl sites for hydroxylation is 1. The van der Waals surface area contributed by atoms with Crippen LogP contribution in [0.3, 0.4) is 0 Å². The van der Waals surface area contributed by atoms with E-state index in [1.54, 1.807) is 17.7 Å². The number of nitrogens with zero attached hydrogens (tertiary/aromatic N) is 7. The first-order chi connectivity index (χ1) is 19.4. The largest absolute Gasteiger partial charge is 0.501 e. The van der Waals surface area contributed by atoms with Crippen molar-refractivity contribution in [2.24, 2.45) is 5.41 Å². The first-order valence-corrected chi connectivity index (χ1v) is 13.3. The Morgan fingerprint density at radius 2 is 1.90 bits per heavy atom. The molecule has 4 heterocycles. The number of halogens is 1. The molecule has 0 spiro atoms. The Balaban J connectivity index is 1.54. The second-order valence-corrected chi connectivity index (χ2v) is 11.4. The topological polar surface area (TPSA) is 165 Å². The van der Waals surface area contributed by atoms with Gasteiger partial charge in [0.25, 0.3) is 17.4 Å². The van der Waals surface area contributed by atoms with Gasteiger partial charge in [0.05, 0.1) is 6.54 Å². The Labute approximate surface area is 234 Å². The highest BCUT2D eigenvalue weighted by Crippen LogP contribution is 2.53. The van der Waals surface area contributed by atoms with E-state index in [-0.39, 0.29) is 31.2 Å². The minimum Gasteiger partial charge on any atom is -0.501 e. The molecule has 2 aromatic heterocycles. The van der Waals surface area contributed by atoms with E-state index in [4.69, 9.17) is 0 Å². The lowest BCUT2D eigenvalue weighted by Crippen LogP contribution is -2.42. The van der Waals surface area contributed by atoms with E-state index < -0.39 is 45.4 Å². The molecule has 13 nitrogen and oxygen atoms in total. The fourth-order valence-electron chi connectivity index (χ4n) is 6.01. The number of carbonyl (C=O) groups is 3. The predicted octanol–water partition coefficient (Wildman–Crippen LogP) is 0.872. The number of benzene rings is 1. The van der Waals surface area contributed by atoms with Crippen molar-refractivity contribution in [2.45, 2.75) is 64.1 Å². The summed E-state index contributed by atoms with van der Waals surface area (Å²) in [5.74, 6) is -3.09. The van der Waals surface area contributed by atoms with Crippen LogP contribution in [0.5, 0.6) is 5.75 Å². The van der Waals surface area contributed by atoms with Crippen molar-refractivity contribution in [1.82, 2.24) is 40.0 Å². The van der Waals surface area contributed by atoms with E-state index in [0.29, 0.717) is 43.4 Å². The van der Waals surface area contributed by atoms with Crippen LogP contribution in [0.1, 0.15) is 59.5 Å². The van der Waals surface area contributed by atoms with Gasteiger partial charge in [-0.2, -0.15) is 0 Å². The Bertz CT molecular complexity index is 1570. The average Bonchev–Trinajstić information content (AvgIpc) is 3.36. The number of nitrogens with one attached hydrogen (secondary N) is 1. The van der Waals surface area contributed by atoms with E-state index >= 15 is 0 Å². The summed E-state index contributed by atoms with van der Waals surface area (Å²) < 4.78 is 16.6. The Morgan fingerprint density at radius 3 is 2.54 bits per heavy atom. The van der Waals surface area contributed by atoms with Gasteiger partial charge in [0.15, 0.2) is 5.69 Å². The third-order valence-corrected chi connectivity index (χ3v) is 8.30. The molecule has 41 heavy (non-hydrogen) atoms. The monoisotopic (exact) mass is 566 g/mol. The molecule has 2 aliphatic heterocycles. The van der Waals surface area contributed by atoms with Crippen LogP contribution in [0, 0.1) is 18.2 Å². The Morgan fingerprint density at radius 1 is 1.17 bits per heavy atom. The Hall–Kier alpha value is -4.49. The molecule has 2 amide bonds. The van der Waals surface area contributed by atoms with Crippen molar-refractivity contribution in [3.05, 3.63) is 63.3 Å². The number of hydrogen-bond donors (Lipinski definition) is 2. The van der Waals surface area contributed by atoms with Crippen molar-refractivity contribution in [3.63, 3.8) is 0 Å². The van der Waals surface area contributed by atoms with Crippen LogP contribution in [-0.4, -0.2) is 71.5 Å². The molecule has 2 bridgehead atoms. The quantitative estimate of drug-likeness (QED) is 0.376. The average molecular weight is 567 g/mol. The summed E-state index contributed by atoms with van der Waals surface area (Å²) in [6.45, 7) is 2.17. The van der Waals surface area contributed by atoms with Gasteiger partial charge < -0.3 is 15.3 Å². The zero-order valence-corrected chi connectivity index (χ0v) is 23.1. The third kappa shape index (κ3) is 5.21. The minimum atomic E-state index is -1.00. The maximum absolute atomic E-state index is 13.7. The zero-order valence-electron chi connectivity index (χ0n) is 23.1. The van der Waals surface area contributed by atoms with Crippen molar-refractivity contribution >= 4 is 17.6 Å². The van der Waals surface area contributed by atoms with Crippen molar-refractivity contribution in [2.75, 3.05) is 14.1 Å². The summed E-state index contributed by atoms with van der Waals surface area (Å²) in [6, 6.07) is 4.39. The van der Waals surface area contributed by atoms with Crippen molar-refractivity contribution in [3.8, 4) is 5.75 Å². The molecule has 1 saturated carbocycles. The number of aromatic hydroxyl groups is 1. The number of rotatable bonds is 8. The zero-order chi connectivity index (χ0) is 29.5. The lowest BCUT2D eigenvalue weighted by molar-refractivity contribution is -0.144. The first kappa shape index (κ1) is 28.1. The standard InChI is InChI=1S/C27H31FN8O5/c1-16-10-17(4-5-18(16)28)12-29-22(39)20-21(38)24(41)36-14-26(13-35-15-30-32-33-35)6-8-27(9-7-26,25(36)31-20)11-19(37)23(40)34(2)3/h4-5,10,15,38H,6-9,11-14H2,1-3H3,(H,29,39). The molecule has 1 aliphatic carbocycles. The van der Waals surface area contributed by atoms with Crippen LogP contribution in [0.4, 0.5) is 4.39 Å². The predicted molar refractivity (Wildman–Crippen MR) is 141 cm³/mol. The van der Waals surface area contributed by atoms with E-state index in [1.807, 2.05) is 0 Å². The molecule has 0 unspecified atom stereocenters.